The molecule has 0 N–H and O–H groups in total. The Morgan fingerprint density at radius 1 is 1.11 bits per heavy atom. The predicted octanol–water partition coefficient (Wildman–Crippen LogP) is 3.18. The molecule has 3 heterocycles. The molecule has 2 atom stereocenters. The minimum Gasteiger partial charge on any atom is -0.338 e. The summed E-state index contributed by atoms with van der Waals surface area (Å²) in [5.74, 6) is -0.0434. The third-order valence-corrected chi connectivity index (χ3v) is 5.64. The van der Waals surface area contributed by atoms with Gasteiger partial charge in [-0.2, -0.15) is 0 Å². The van der Waals surface area contributed by atoms with Crippen LogP contribution in [0.25, 0.3) is 0 Å². The molecule has 27 heavy (non-hydrogen) atoms. The van der Waals surface area contributed by atoms with Gasteiger partial charge in [-0.1, -0.05) is 36.4 Å². The first kappa shape index (κ1) is 17.7. The number of carbonyl (C=O) groups excluding carboxylic acids is 2. The van der Waals surface area contributed by atoms with Gasteiger partial charge < -0.3 is 9.80 Å². The Bertz CT molecular complexity index is 794. The fourth-order valence-corrected chi connectivity index (χ4v) is 4.24. The highest BCUT2D eigenvalue weighted by Gasteiger charge is 2.39. The third kappa shape index (κ3) is 3.87. The van der Waals surface area contributed by atoms with E-state index in [1.54, 1.807) is 6.20 Å². The van der Waals surface area contributed by atoms with E-state index in [4.69, 9.17) is 0 Å². The van der Waals surface area contributed by atoms with Gasteiger partial charge in [0.1, 0.15) is 0 Å². The molecule has 0 bridgehead atoms. The van der Waals surface area contributed by atoms with E-state index in [1.165, 1.54) is 0 Å². The molecule has 0 unspecified atom stereocenters. The predicted molar refractivity (Wildman–Crippen MR) is 103 cm³/mol. The van der Waals surface area contributed by atoms with Crippen LogP contribution in [0.1, 0.15) is 42.9 Å². The van der Waals surface area contributed by atoms with Crippen LogP contribution in [0.2, 0.25) is 0 Å². The minimum atomic E-state index is -0.238. The SMILES string of the molecule is O=C1C[C@@H](C(=O)N2CCCC[C@H]2c2cccnc2)CN1Cc1ccccc1. The maximum atomic E-state index is 13.3. The first-order valence-corrected chi connectivity index (χ1v) is 9.74. The summed E-state index contributed by atoms with van der Waals surface area (Å²) in [6.07, 6.45) is 7.05. The summed E-state index contributed by atoms with van der Waals surface area (Å²) in [5.41, 5.74) is 2.20. The molecule has 2 aliphatic rings. The van der Waals surface area contributed by atoms with Crippen molar-refractivity contribution < 1.29 is 9.59 Å². The second-order valence-electron chi connectivity index (χ2n) is 7.49. The molecule has 5 nitrogen and oxygen atoms in total. The minimum absolute atomic E-state index is 0.0761. The molecule has 2 aliphatic heterocycles. The monoisotopic (exact) mass is 363 g/mol. The van der Waals surface area contributed by atoms with Gasteiger partial charge in [-0.3, -0.25) is 14.6 Å². The van der Waals surface area contributed by atoms with Gasteiger partial charge in [0, 0.05) is 38.4 Å². The van der Waals surface area contributed by atoms with Gasteiger partial charge >= 0.3 is 0 Å². The normalized spacial score (nSPS) is 22.9. The quantitative estimate of drug-likeness (QED) is 0.838. The Labute approximate surface area is 160 Å². The van der Waals surface area contributed by atoms with Crippen LogP contribution >= 0.6 is 0 Å². The highest BCUT2D eigenvalue weighted by Crippen LogP contribution is 2.33. The van der Waals surface area contributed by atoms with E-state index in [0.717, 1.165) is 36.9 Å². The number of amides is 2. The molecule has 0 aliphatic carbocycles. The number of hydrogen-bond acceptors (Lipinski definition) is 3. The van der Waals surface area contributed by atoms with Crippen LogP contribution in [0.3, 0.4) is 0 Å². The summed E-state index contributed by atoms with van der Waals surface area (Å²) in [6, 6.07) is 14.0. The lowest BCUT2D eigenvalue weighted by atomic mass is 9.94. The Kier molecular flexibility index (Phi) is 5.19. The molecular weight excluding hydrogens is 338 g/mol. The lowest BCUT2D eigenvalue weighted by Crippen LogP contribution is -2.42. The summed E-state index contributed by atoms with van der Waals surface area (Å²) in [6.45, 7) is 1.86. The number of aromatic nitrogens is 1. The van der Waals surface area contributed by atoms with Crippen molar-refractivity contribution in [3.05, 3.63) is 66.0 Å². The van der Waals surface area contributed by atoms with Crippen molar-refractivity contribution in [2.75, 3.05) is 13.1 Å². The number of nitrogens with zero attached hydrogens (tertiary/aromatic N) is 3. The summed E-state index contributed by atoms with van der Waals surface area (Å²) in [4.78, 5) is 33.8. The molecule has 2 fully saturated rings. The van der Waals surface area contributed by atoms with Gasteiger partial charge in [0.15, 0.2) is 0 Å². The van der Waals surface area contributed by atoms with Crippen LogP contribution in [0.5, 0.6) is 0 Å². The van der Waals surface area contributed by atoms with Crippen LogP contribution in [0.4, 0.5) is 0 Å². The Morgan fingerprint density at radius 3 is 2.74 bits per heavy atom. The Morgan fingerprint density at radius 2 is 1.96 bits per heavy atom. The Hall–Kier alpha value is -2.69. The number of carbonyl (C=O) groups is 2. The third-order valence-electron chi connectivity index (χ3n) is 5.64. The molecule has 2 aromatic rings. The number of benzene rings is 1. The molecule has 2 saturated heterocycles. The van der Waals surface area contributed by atoms with Gasteiger partial charge in [-0.15, -0.1) is 0 Å². The second kappa shape index (κ2) is 7.91. The smallest absolute Gasteiger partial charge is 0.228 e. The molecular formula is C22H25N3O2. The molecule has 0 radical (unpaired) electrons. The molecule has 5 heteroatoms. The summed E-state index contributed by atoms with van der Waals surface area (Å²) in [5, 5.41) is 0. The molecule has 4 rings (SSSR count). The lowest BCUT2D eigenvalue weighted by Gasteiger charge is -2.37. The molecule has 0 spiro atoms. The summed E-state index contributed by atoms with van der Waals surface area (Å²) in [7, 11) is 0. The lowest BCUT2D eigenvalue weighted by molar-refractivity contribution is -0.139. The van der Waals surface area contributed by atoms with E-state index < -0.39 is 0 Å². The van der Waals surface area contributed by atoms with Gasteiger partial charge in [0.25, 0.3) is 0 Å². The fourth-order valence-electron chi connectivity index (χ4n) is 4.24. The Balaban J connectivity index is 1.46. The number of rotatable bonds is 4. The maximum absolute atomic E-state index is 13.3. The highest BCUT2D eigenvalue weighted by atomic mass is 16.2. The molecule has 0 saturated carbocycles. The van der Waals surface area contributed by atoms with E-state index >= 15 is 0 Å². The zero-order valence-corrected chi connectivity index (χ0v) is 15.5. The van der Waals surface area contributed by atoms with Gasteiger partial charge in [0.05, 0.1) is 12.0 Å². The van der Waals surface area contributed by atoms with E-state index in [1.807, 2.05) is 58.5 Å². The number of hydrogen-bond donors (Lipinski definition) is 0. The standard InChI is InChI=1S/C22H25N3O2/c26-21-13-19(16-24(21)15-17-7-2-1-3-8-17)22(27)25-12-5-4-10-20(25)18-9-6-11-23-14-18/h1-3,6-9,11,14,19-20H,4-5,10,12-13,15-16H2/t19-,20+/m1/s1. The van der Waals surface area contributed by atoms with Crippen molar-refractivity contribution in [3.63, 3.8) is 0 Å². The zero-order valence-electron chi connectivity index (χ0n) is 15.5. The van der Waals surface area contributed by atoms with E-state index in [0.29, 0.717) is 19.5 Å². The molecule has 1 aromatic carbocycles. The fraction of sp³-hybridized carbons (Fsp3) is 0.409. The average molecular weight is 363 g/mol. The van der Waals surface area contributed by atoms with Gasteiger partial charge in [-0.05, 0) is 36.5 Å². The topological polar surface area (TPSA) is 53.5 Å². The van der Waals surface area contributed by atoms with Crippen LogP contribution in [0.15, 0.2) is 54.9 Å². The second-order valence-corrected chi connectivity index (χ2v) is 7.49. The number of piperidine rings is 1. The van der Waals surface area contributed by atoms with E-state index in [2.05, 4.69) is 4.98 Å². The summed E-state index contributed by atoms with van der Waals surface area (Å²) < 4.78 is 0. The van der Waals surface area contributed by atoms with Crippen molar-refractivity contribution in [1.82, 2.24) is 14.8 Å². The van der Waals surface area contributed by atoms with Gasteiger partial charge in [0.2, 0.25) is 11.8 Å². The van der Waals surface area contributed by atoms with Crippen LogP contribution in [-0.4, -0.2) is 39.7 Å². The van der Waals surface area contributed by atoms with E-state index in [9.17, 15) is 9.59 Å². The van der Waals surface area contributed by atoms with Crippen molar-refractivity contribution in [2.24, 2.45) is 5.92 Å². The van der Waals surface area contributed by atoms with Gasteiger partial charge in [-0.25, -0.2) is 0 Å². The molecule has 1 aromatic heterocycles. The van der Waals surface area contributed by atoms with Crippen LogP contribution < -0.4 is 0 Å². The molecule has 2 amide bonds. The van der Waals surface area contributed by atoms with Crippen molar-refractivity contribution in [3.8, 4) is 0 Å². The largest absolute Gasteiger partial charge is 0.338 e. The number of pyridine rings is 1. The summed E-state index contributed by atoms with van der Waals surface area (Å²) >= 11 is 0. The zero-order chi connectivity index (χ0) is 18.6. The first-order chi connectivity index (χ1) is 13.2. The van der Waals surface area contributed by atoms with Crippen LogP contribution in [0, 0.1) is 5.92 Å². The van der Waals surface area contributed by atoms with Crippen molar-refractivity contribution in [2.45, 2.75) is 38.3 Å². The highest BCUT2D eigenvalue weighted by molar-refractivity contribution is 5.89. The number of likely N-dealkylation sites (tertiary alicyclic amines) is 2. The van der Waals surface area contributed by atoms with Crippen molar-refractivity contribution >= 4 is 11.8 Å². The molecule has 140 valence electrons. The van der Waals surface area contributed by atoms with E-state index in [-0.39, 0.29) is 23.8 Å². The average Bonchev–Trinajstić information content (AvgIpc) is 3.09. The first-order valence-electron chi connectivity index (χ1n) is 9.74. The maximum Gasteiger partial charge on any atom is 0.228 e. The van der Waals surface area contributed by atoms with Crippen molar-refractivity contribution in [1.29, 1.82) is 0 Å². The van der Waals surface area contributed by atoms with Crippen LogP contribution in [-0.2, 0) is 16.1 Å².